The van der Waals surface area contributed by atoms with Crippen LogP contribution in [0.1, 0.15) is 20.3 Å². The summed E-state index contributed by atoms with van der Waals surface area (Å²) in [4.78, 5) is 21.9. The van der Waals surface area contributed by atoms with Gasteiger partial charge in [-0.25, -0.2) is 0 Å². The van der Waals surface area contributed by atoms with Gasteiger partial charge < -0.3 is 0 Å². The Balaban J connectivity index is 2.65. The van der Waals surface area contributed by atoms with Gasteiger partial charge in [0.15, 0.2) is 0 Å². The fourth-order valence-corrected chi connectivity index (χ4v) is 8.79. The van der Waals surface area contributed by atoms with Gasteiger partial charge in [-0.3, -0.25) is 0 Å². The van der Waals surface area contributed by atoms with Crippen molar-refractivity contribution in [3.63, 3.8) is 0 Å². The van der Waals surface area contributed by atoms with Gasteiger partial charge in [-0.15, -0.1) is 0 Å². The van der Waals surface area contributed by atoms with Crippen molar-refractivity contribution >= 4 is 33.9 Å². The molecular weight excluding hydrogens is 303 g/mol. The van der Waals surface area contributed by atoms with E-state index in [1.807, 2.05) is 0 Å². The fourth-order valence-electron chi connectivity index (χ4n) is 1.62. The number of nitrogens with zero attached hydrogens (tertiary/aromatic N) is 2. The van der Waals surface area contributed by atoms with Gasteiger partial charge in [0.05, 0.1) is 0 Å². The Labute approximate surface area is 95.8 Å². The molecule has 0 aromatic rings. The van der Waals surface area contributed by atoms with E-state index in [0.29, 0.717) is 13.0 Å². The van der Waals surface area contributed by atoms with Gasteiger partial charge in [0.25, 0.3) is 0 Å². The van der Waals surface area contributed by atoms with E-state index in [4.69, 9.17) is 4.74 Å². The molecular formula is C8H13InN2O4. The summed E-state index contributed by atoms with van der Waals surface area (Å²) in [6.07, 6.45) is 1.99. The van der Waals surface area contributed by atoms with E-state index in [0.717, 1.165) is 0 Å². The second-order valence-corrected chi connectivity index (χ2v) is 12.2. The molecule has 82 valence electrons. The standard InChI is InChI=1S/C5H9O2.C3H4N2O2.In/c1-3-5(6)7-4-2;4-2-1-3-5(6)7;/h3H,4H2,1-2H3;2-3H,1H2;/q;-1;+1. The van der Waals surface area contributed by atoms with Crippen LogP contribution in [0.3, 0.4) is 0 Å². The van der Waals surface area contributed by atoms with E-state index in [1.165, 1.54) is 0 Å². The predicted molar refractivity (Wildman–Crippen MR) is 55.7 cm³/mol. The molecule has 0 saturated heterocycles. The van der Waals surface area contributed by atoms with Crippen LogP contribution in [0.25, 0.3) is 0 Å². The van der Waals surface area contributed by atoms with Crippen molar-refractivity contribution in [3.05, 3.63) is 10.1 Å². The number of ether oxygens (including phenoxy) is 1. The Morgan fingerprint density at radius 3 is 3.07 bits per heavy atom. The number of hydrogen-bond donors (Lipinski definition) is 0. The molecule has 0 saturated carbocycles. The van der Waals surface area contributed by atoms with Gasteiger partial charge in [0.1, 0.15) is 0 Å². The third-order valence-electron chi connectivity index (χ3n) is 2.46. The van der Waals surface area contributed by atoms with Crippen LogP contribution in [0, 0.1) is 10.1 Å². The molecule has 6 nitrogen and oxygen atoms in total. The van der Waals surface area contributed by atoms with E-state index in [2.05, 4.69) is 2.98 Å². The second-order valence-electron chi connectivity index (χ2n) is 3.45. The first kappa shape index (κ1) is 12.5. The van der Waals surface area contributed by atoms with Crippen LogP contribution in [0.4, 0.5) is 0 Å². The molecule has 1 aliphatic rings. The minimum absolute atomic E-state index is 0.288. The van der Waals surface area contributed by atoms with Crippen molar-refractivity contribution < 1.29 is 14.5 Å². The van der Waals surface area contributed by atoms with E-state index < -0.39 is 25.5 Å². The summed E-state index contributed by atoms with van der Waals surface area (Å²) in [5, 5.41) is 10.7. The molecule has 0 aliphatic carbocycles. The van der Waals surface area contributed by atoms with E-state index in [9.17, 15) is 14.9 Å². The van der Waals surface area contributed by atoms with Crippen molar-refractivity contribution in [1.29, 1.82) is 0 Å². The second kappa shape index (κ2) is 5.48. The predicted octanol–water partition coefficient (Wildman–Crippen LogP) is 0.590. The quantitative estimate of drug-likeness (QED) is 0.432. The van der Waals surface area contributed by atoms with Crippen LogP contribution in [0.15, 0.2) is 2.98 Å². The van der Waals surface area contributed by atoms with Crippen LogP contribution in [0.2, 0.25) is 3.67 Å². The maximum absolute atomic E-state index is 11.4. The number of esters is 1. The molecule has 1 heterocycles. The summed E-state index contributed by atoms with van der Waals surface area (Å²) in [5.41, 5.74) is 0. The number of hydrogen-bond acceptors (Lipinski definition) is 5. The summed E-state index contributed by atoms with van der Waals surface area (Å²) in [5.74, 6) is -0.329. The molecule has 0 N–H and O–H groups in total. The maximum atomic E-state index is 11.4. The molecule has 0 fully saturated rings. The molecule has 0 aromatic carbocycles. The Kier molecular flexibility index (Phi) is 4.56. The zero-order valence-electron chi connectivity index (χ0n) is 8.75. The van der Waals surface area contributed by atoms with Gasteiger partial charge in [-0.1, -0.05) is 0 Å². The minimum atomic E-state index is -2.79. The number of nitro groups is 1. The molecule has 1 rings (SSSR count). The molecule has 0 amide bonds. The number of rotatable bonds is 4. The topological polar surface area (TPSA) is 81.8 Å². The van der Waals surface area contributed by atoms with Crippen LogP contribution < -0.4 is 0 Å². The first-order valence-electron chi connectivity index (χ1n) is 4.89. The number of carbonyl (C=O) groups excluding carboxylic acids is 1. The Morgan fingerprint density at radius 2 is 2.53 bits per heavy atom. The van der Waals surface area contributed by atoms with Gasteiger partial charge in [-0.2, -0.15) is 0 Å². The van der Waals surface area contributed by atoms with Gasteiger partial charge in [0, 0.05) is 0 Å². The van der Waals surface area contributed by atoms with Gasteiger partial charge in [0.2, 0.25) is 0 Å². The normalized spacial score (nSPS) is 21.5. The van der Waals surface area contributed by atoms with Crippen molar-refractivity contribution in [2.75, 3.05) is 6.61 Å². The Morgan fingerprint density at radius 1 is 1.87 bits per heavy atom. The average Bonchev–Trinajstić information content (AvgIpc) is 2.65. The molecule has 2 unspecified atom stereocenters. The molecule has 15 heavy (non-hydrogen) atoms. The summed E-state index contributed by atoms with van der Waals surface area (Å²) in [7, 11) is 0. The molecule has 0 spiro atoms. The van der Waals surface area contributed by atoms with Crippen molar-refractivity contribution in [3.8, 4) is 0 Å². The van der Waals surface area contributed by atoms with Gasteiger partial charge >= 0.3 is 95.8 Å². The van der Waals surface area contributed by atoms with Crippen molar-refractivity contribution in [2.45, 2.75) is 27.7 Å². The van der Waals surface area contributed by atoms with E-state index >= 15 is 0 Å². The molecule has 0 radical (unpaired) electrons. The van der Waals surface area contributed by atoms with Crippen molar-refractivity contribution in [2.24, 2.45) is 2.98 Å². The first-order chi connectivity index (χ1) is 7.07. The molecule has 2 atom stereocenters. The van der Waals surface area contributed by atoms with E-state index in [1.54, 1.807) is 20.1 Å². The molecule has 0 aromatic heterocycles. The Hall–Kier alpha value is -0.590. The summed E-state index contributed by atoms with van der Waals surface area (Å²) in [6, 6.07) is 0. The molecule has 0 bridgehead atoms. The first-order valence-corrected chi connectivity index (χ1v) is 10.2. The zero-order chi connectivity index (χ0) is 11.4. The zero-order valence-corrected chi connectivity index (χ0v) is 12.0. The monoisotopic (exact) mass is 316 g/mol. The SMILES string of the molecule is CCOC(=O)[CH](C)[In]1[N]=CC[CH]1[N+](=O)[O-]. The van der Waals surface area contributed by atoms with Crippen molar-refractivity contribution in [1.82, 2.24) is 0 Å². The summed E-state index contributed by atoms with van der Waals surface area (Å²) in [6.45, 7) is 3.75. The third kappa shape index (κ3) is 2.93. The van der Waals surface area contributed by atoms with Crippen LogP contribution in [-0.4, -0.2) is 49.2 Å². The van der Waals surface area contributed by atoms with E-state index in [-0.39, 0.29) is 14.6 Å². The molecule has 1 aliphatic heterocycles. The summed E-state index contributed by atoms with van der Waals surface area (Å²) >= 11 is -2.79. The summed E-state index contributed by atoms with van der Waals surface area (Å²) < 4.78 is 8.12. The third-order valence-corrected chi connectivity index (χ3v) is 11.5. The Bertz CT molecular complexity index is 294. The van der Waals surface area contributed by atoms with Crippen LogP contribution >= 0.6 is 0 Å². The number of carbonyl (C=O) groups is 1. The fraction of sp³-hybridized carbons (Fsp3) is 0.750. The van der Waals surface area contributed by atoms with Crippen LogP contribution in [-0.2, 0) is 9.53 Å². The molecule has 7 heteroatoms. The average molecular weight is 316 g/mol. The van der Waals surface area contributed by atoms with Crippen LogP contribution in [0.5, 0.6) is 0 Å². The van der Waals surface area contributed by atoms with Gasteiger partial charge in [-0.05, 0) is 0 Å².